The zero-order valence-electron chi connectivity index (χ0n) is 18.9. The molecule has 4 aliphatic rings. The standard InChI is InChI=1S/C25H21ClF3N3O3/c1-11-5-7-14-20(12(11)2)30-23(35)24(14)19-18(16-4-3-9-31(16)24)21(33)32(22(19)34)17-10-13(25(27,28)29)6-8-15(17)26/h5-8,10,16,18-19H,3-4,9H2,1-2H3,(H,30,35)/t16-,18+,19-,24-/m0/s1. The number of carbonyl (C=O) groups excluding carboxylic acids is 3. The first-order chi connectivity index (χ1) is 16.5. The van der Waals surface area contributed by atoms with Crippen LogP contribution in [0.5, 0.6) is 0 Å². The summed E-state index contributed by atoms with van der Waals surface area (Å²) >= 11 is 6.22. The van der Waals surface area contributed by atoms with Gasteiger partial charge in [-0.05, 0) is 62.6 Å². The number of benzene rings is 2. The first kappa shape index (κ1) is 22.5. The summed E-state index contributed by atoms with van der Waals surface area (Å²) in [6.07, 6.45) is -3.32. The molecule has 0 aliphatic carbocycles. The highest BCUT2D eigenvalue weighted by Gasteiger charge is 2.74. The van der Waals surface area contributed by atoms with E-state index in [1.165, 1.54) is 0 Å². The number of hydrogen-bond donors (Lipinski definition) is 1. The van der Waals surface area contributed by atoms with Crippen LogP contribution in [0.4, 0.5) is 24.5 Å². The van der Waals surface area contributed by atoms with Crippen LogP contribution in [-0.4, -0.2) is 35.2 Å². The third-order valence-electron chi connectivity index (χ3n) is 8.21. The van der Waals surface area contributed by atoms with E-state index < -0.39 is 40.9 Å². The fourth-order valence-electron chi connectivity index (χ4n) is 6.62. The summed E-state index contributed by atoms with van der Waals surface area (Å²) in [6, 6.07) is 5.92. The molecular weight excluding hydrogens is 483 g/mol. The van der Waals surface area contributed by atoms with E-state index in [4.69, 9.17) is 11.6 Å². The highest BCUT2D eigenvalue weighted by atomic mass is 35.5. The minimum Gasteiger partial charge on any atom is -0.324 e. The lowest BCUT2D eigenvalue weighted by Crippen LogP contribution is -2.54. The third kappa shape index (κ3) is 2.68. The van der Waals surface area contributed by atoms with Crippen molar-refractivity contribution in [2.75, 3.05) is 16.8 Å². The van der Waals surface area contributed by atoms with Gasteiger partial charge in [0, 0.05) is 17.3 Å². The lowest BCUT2D eigenvalue weighted by molar-refractivity contribution is -0.137. The number of fused-ring (bicyclic) bond motifs is 7. The minimum atomic E-state index is -4.68. The van der Waals surface area contributed by atoms with E-state index in [1.54, 1.807) is 0 Å². The minimum absolute atomic E-state index is 0.139. The van der Waals surface area contributed by atoms with Crippen LogP contribution in [0.25, 0.3) is 0 Å². The number of imide groups is 1. The maximum absolute atomic E-state index is 14.0. The maximum Gasteiger partial charge on any atom is 0.416 e. The SMILES string of the molecule is Cc1ccc2c(c1C)NC(=O)[C@@]21[C@@H]2C(=O)N(c3cc(C(F)(F)F)ccc3Cl)C(=O)[C@@H]2[C@@H]2CCCN21. The second kappa shape index (κ2) is 7.07. The zero-order chi connectivity index (χ0) is 25.0. The van der Waals surface area contributed by atoms with E-state index in [0.717, 1.165) is 40.6 Å². The summed E-state index contributed by atoms with van der Waals surface area (Å²) in [5.74, 6) is -3.60. The van der Waals surface area contributed by atoms with Gasteiger partial charge in [0.25, 0.3) is 0 Å². The van der Waals surface area contributed by atoms with Crippen molar-refractivity contribution in [1.82, 2.24) is 4.90 Å². The normalized spacial score (nSPS) is 29.7. The van der Waals surface area contributed by atoms with Gasteiger partial charge in [-0.15, -0.1) is 0 Å². The monoisotopic (exact) mass is 503 g/mol. The number of nitrogens with one attached hydrogen (secondary N) is 1. The van der Waals surface area contributed by atoms with Crippen LogP contribution >= 0.6 is 11.6 Å². The molecule has 2 aromatic carbocycles. The van der Waals surface area contributed by atoms with Crippen molar-refractivity contribution < 1.29 is 27.6 Å². The molecule has 0 unspecified atom stereocenters. The van der Waals surface area contributed by atoms with Gasteiger partial charge >= 0.3 is 6.18 Å². The summed E-state index contributed by atoms with van der Waals surface area (Å²) < 4.78 is 40.3. The van der Waals surface area contributed by atoms with Gasteiger partial charge in [-0.3, -0.25) is 19.3 Å². The van der Waals surface area contributed by atoms with Gasteiger partial charge in [0.05, 0.1) is 28.1 Å². The fraction of sp³-hybridized carbons (Fsp3) is 0.400. The number of alkyl halides is 3. The van der Waals surface area contributed by atoms with Gasteiger partial charge in [-0.1, -0.05) is 23.7 Å². The second-order valence-electron chi connectivity index (χ2n) is 9.73. The summed E-state index contributed by atoms with van der Waals surface area (Å²) in [5, 5.41) is 2.82. The molecule has 0 bridgehead atoms. The number of halogens is 4. The Kier molecular flexibility index (Phi) is 4.56. The Morgan fingerprint density at radius 1 is 1.09 bits per heavy atom. The van der Waals surface area contributed by atoms with Gasteiger partial charge in [0.1, 0.15) is 5.54 Å². The molecule has 4 atom stereocenters. The molecule has 2 aromatic rings. The zero-order valence-corrected chi connectivity index (χ0v) is 19.6. The molecule has 0 radical (unpaired) electrons. The van der Waals surface area contributed by atoms with Gasteiger partial charge in [-0.2, -0.15) is 13.2 Å². The number of nitrogens with zero attached hydrogens (tertiary/aromatic N) is 2. The summed E-state index contributed by atoms with van der Waals surface area (Å²) in [5.41, 5.74) is 0.419. The summed E-state index contributed by atoms with van der Waals surface area (Å²) in [7, 11) is 0. The maximum atomic E-state index is 14.0. The molecule has 10 heteroatoms. The van der Waals surface area contributed by atoms with Crippen molar-refractivity contribution in [3.8, 4) is 0 Å². The number of rotatable bonds is 1. The smallest absolute Gasteiger partial charge is 0.324 e. The van der Waals surface area contributed by atoms with Gasteiger partial charge in [0.15, 0.2) is 0 Å². The van der Waals surface area contributed by atoms with Crippen LogP contribution in [0.1, 0.15) is 35.1 Å². The summed E-state index contributed by atoms with van der Waals surface area (Å²) in [6.45, 7) is 4.35. The average Bonchev–Trinajstić information content (AvgIpc) is 3.50. The largest absolute Gasteiger partial charge is 0.416 e. The number of hydrogen-bond acceptors (Lipinski definition) is 4. The molecule has 6 nitrogen and oxygen atoms in total. The lowest BCUT2D eigenvalue weighted by Gasteiger charge is -2.36. The van der Waals surface area contributed by atoms with E-state index in [2.05, 4.69) is 5.32 Å². The van der Waals surface area contributed by atoms with E-state index >= 15 is 0 Å². The van der Waals surface area contributed by atoms with E-state index in [0.29, 0.717) is 24.2 Å². The molecule has 4 heterocycles. The topological polar surface area (TPSA) is 69.7 Å². The van der Waals surface area contributed by atoms with Crippen molar-refractivity contribution in [2.45, 2.75) is 44.4 Å². The first-order valence-electron chi connectivity index (χ1n) is 11.4. The van der Waals surface area contributed by atoms with E-state index in [1.807, 2.05) is 30.9 Å². The molecule has 1 spiro atoms. The van der Waals surface area contributed by atoms with E-state index in [-0.39, 0.29) is 22.7 Å². The average molecular weight is 504 g/mol. The van der Waals surface area contributed by atoms with Crippen molar-refractivity contribution >= 4 is 40.7 Å². The Bertz CT molecular complexity index is 1340. The van der Waals surface area contributed by atoms with Gasteiger partial charge < -0.3 is 5.32 Å². The van der Waals surface area contributed by atoms with Crippen molar-refractivity contribution in [3.63, 3.8) is 0 Å². The second-order valence-corrected chi connectivity index (χ2v) is 10.1. The lowest BCUT2D eigenvalue weighted by atomic mass is 9.75. The number of aryl methyl sites for hydroxylation is 1. The Hall–Kier alpha value is -2.91. The van der Waals surface area contributed by atoms with Crippen molar-refractivity contribution in [3.05, 3.63) is 57.6 Å². The predicted octanol–water partition coefficient (Wildman–Crippen LogP) is 4.41. The van der Waals surface area contributed by atoms with Crippen LogP contribution in [0.3, 0.4) is 0 Å². The van der Waals surface area contributed by atoms with Crippen LogP contribution in [0.2, 0.25) is 5.02 Å². The third-order valence-corrected chi connectivity index (χ3v) is 8.53. The Labute approximate surface area is 204 Å². The Morgan fingerprint density at radius 3 is 2.54 bits per heavy atom. The van der Waals surface area contributed by atoms with Crippen molar-refractivity contribution in [1.29, 1.82) is 0 Å². The van der Waals surface area contributed by atoms with Crippen LogP contribution in [-0.2, 0) is 26.1 Å². The molecule has 4 aliphatic heterocycles. The molecule has 3 saturated heterocycles. The highest BCUT2D eigenvalue weighted by Crippen LogP contribution is 2.61. The van der Waals surface area contributed by atoms with Gasteiger partial charge in [-0.25, -0.2) is 4.90 Å². The first-order valence-corrected chi connectivity index (χ1v) is 11.8. The predicted molar refractivity (Wildman–Crippen MR) is 122 cm³/mol. The van der Waals surface area contributed by atoms with Crippen LogP contribution in [0.15, 0.2) is 30.3 Å². The molecule has 0 aromatic heterocycles. The van der Waals surface area contributed by atoms with E-state index in [9.17, 15) is 27.6 Å². The number of carbonyl (C=O) groups is 3. The van der Waals surface area contributed by atoms with Crippen LogP contribution < -0.4 is 10.2 Å². The number of anilines is 2. The van der Waals surface area contributed by atoms with Crippen LogP contribution in [0, 0.1) is 25.7 Å². The van der Waals surface area contributed by atoms with Gasteiger partial charge in [0.2, 0.25) is 17.7 Å². The molecule has 35 heavy (non-hydrogen) atoms. The molecule has 182 valence electrons. The molecule has 3 fully saturated rings. The molecule has 1 N–H and O–H groups in total. The number of amides is 3. The Morgan fingerprint density at radius 2 is 1.83 bits per heavy atom. The van der Waals surface area contributed by atoms with Crippen molar-refractivity contribution in [2.24, 2.45) is 11.8 Å². The molecule has 0 saturated carbocycles. The Balaban J connectivity index is 1.55. The summed E-state index contributed by atoms with van der Waals surface area (Å²) in [4.78, 5) is 44.2. The quantitative estimate of drug-likeness (QED) is 0.585. The fourth-order valence-corrected chi connectivity index (χ4v) is 6.82. The molecule has 3 amide bonds. The highest BCUT2D eigenvalue weighted by molar-refractivity contribution is 6.36. The molecule has 6 rings (SSSR count). The molecular formula is C25H21ClF3N3O3.